The molecule has 0 aliphatic carbocycles. The van der Waals surface area contributed by atoms with Gasteiger partial charge < -0.3 is 9.64 Å². The van der Waals surface area contributed by atoms with Gasteiger partial charge in [0.25, 0.3) is 5.91 Å². The lowest BCUT2D eigenvalue weighted by Crippen LogP contribution is -2.38. The molecule has 2 aromatic carbocycles. The van der Waals surface area contributed by atoms with Crippen LogP contribution in [0.5, 0.6) is 5.75 Å². The van der Waals surface area contributed by atoms with E-state index in [1.807, 2.05) is 29.3 Å². The second kappa shape index (κ2) is 9.72. The summed E-state index contributed by atoms with van der Waals surface area (Å²) in [6, 6.07) is 18.5. The van der Waals surface area contributed by atoms with Gasteiger partial charge in [0.2, 0.25) is 0 Å². The van der Waals surface area contributed by atoms with Crippen LogP contribution in [0.3, 0.4) is 0 Å². The fourth-order valence-corrected chi connectivity index (χ4v) is 3.97. The van der Waals surface area contributed by atoms with E-state index in [2.05, 4.69) is 53.3 Å². The van der Waals surface area contributed by atoms with Crippen LogP contribution in [0.25, 0.3) is 10.9 Å². The van der Waals surface area contributed by atoms with Crippen LogP contribution in [0.4, 0.5) is 0 Å². The van der Waals surface area contributed by atoms with Gasteiger partial charge in [0.15, 0.2) is 6.61 Å². The average Bonchev–Trinajstić information content (AvgIpc) is 2.79. The van der Waals surface area contributed by atoms with Gasteiger partial charge in [-0.3, -0.25) is 14.7 Å². The Morgan fingerprint density at radius 2 is 1.73 bits per heavy atom. The third-order valence-corrected chi connectivity index (χ3v) is 5.57. The maximum Gasteiger partial charge on any atom is 0.260 e. The molecule has 0 bridgehead atoms. The summed E-state index contributed by atoms with van der Waals surface area (Å²) in [4.78, 5) is 20.8. The number of hydrogen-bond acceptors (Lipinski definition) is 4. The number of carbonyl (C=O) groups excluding carboxylic acids is 1. The number of fused-ring (bicyclic) bond motifs is 1. The first kappa shape index (κ1) is 20.4. The van der Waals surface area contributed by atoms with Crippen molar-refractivity contribution in [2.24, 2.45) is 0 Å². The number of nitrogens with zero attached hydrogens (tertiary/aromatic N) is 3. The van der Waals surface area contributed by atoms with Crippen molar-refractivity contribution in [3.63, 3.8) is 0 Å². The van der Waals surface area contributed by atoms with Crippen molar-refractivity contribution in [2.45, 2.75) is 32.4 Å². The van der Waals surface area contributed by atoms with Crippen molar-refractivity contribution in [1.82, 2.24) is 14.8 Å². The average molecular weight is 404 g/mol. The summed E-state index contributed by atoms with van der Waals surface area (Å²) in [5.74, 6) is 0.831. The second-order valence-electron chi connectivity index (χ2n) is 8.08. The summed E-state index contributed by atoms with van der Waals surface area (Å²) >= 11 is 0. The molecule has 0 radical (unpaired) electrons. The quantitative estimate of drug-likeness (QED) is 0.591. The Kier molecular flexibility index (Phi) is 6.60. The smallest absolute Gasteiger partial charge is 0.260 e. The van der Waals surface area contributed by atoms with Crippen molar-refractivity contribution in [2.75, 3.05) is 26.7 Å². The van der Waals surface area contributed by atoms with Crippen molar-refractivity contribution in [3.8, 4) is 5.75 Å². The van der Waals surface area contributed by atoms with E-state index in [1.54, 1.807) is 0 Å². The zero-order valence-electron chi connectivity index (χ0n) is 17.6. The molecule has 0 saturated carbocycles. The highest BCUT2D eigenvalue weighted by atomic mass is 16.5. The molecule has 0 N–H and O–H groups in total. The lowest BCUT2D eigenvalue weighted by molar-refractivity contribution is -0.134. The molecule has 0 atom stereocenters. The number of rotatable bonds is 7. The minimum Gasteiger partial charge on any atom is -0.484 e. The molecule has 1 amide bonds. The normalized spacial score (nSPS) is 14.3. The topological polar surface area (TPSA) is 45.7 Å². The summed E-state index contributed by atoms with van der Waals surface area (Å²) in [6.07, 6.45) is 5.25. The number of aromatic nitrogens is 1. The second-order valence-corrected chi connectivity index (χ2v) is 8.08. The highest BCUT2D eigenvalue weighted by Gasteiger charge is 2.16. The molecule has 30 heavy (non-hydrogen) atoms. The SMILES string of the molecule is CN(Cc1ccc(OCC(=O)N2CCCCC2)cc1)Cc1ccc2ncccc2c1. The van der Waals surface area contributed by atoms with Gasteiger partial charge >= 0.3 is 0 Å². The monoisotopic (exact) mass is 403 g/mol. The molecule has 156 valence electrons. The molecule has 2 heterocycles. The molecule has 1 saturated heterocycles. The molecule has 1 aliphatic heterocycles. The Balaban J connectivity index is 1.27. The third-order valence-electron chi connectivity index (χ3n) is 5.57. The first-order valence-electron chi connectivity index (χ1n) is 10.7. The molecule has 1 aliphatic rings. The van der Waals surface area contributed by atoms with E-state index in [9.17, 15) is 4.79 Å². The molecule has 1 aromatic heterocycles. The Bertz CT molecular complexity index is 981. The van der Waals surface area contributed by atoms with Crippen molar-refractivity contribution in [1.29, 1.82) is 0 Å². The maximum absolute atomic E-state index is 12.2. The molecule has 5 heteroatoms. The highest BCUT2D eigenvalue weighted by molar-refractivity contribution is 5.79. The van der Waals surface area contributed by atoms with Crippen LogP contribution in [-0.2, 0) is 17.9 Å². The van der Waals surface area contributed by atoms with E-state index in [0.29, 0.717) is 0 Å². The summed E-state index contributed by atoms with van der Waals surface area (Å²) < 4.78 is 5.71. The molecule has 0 spiro atoms. The minimum absolute atomic E-state index is 0.0871. The maximum atomic E-state index is 12.2. The number of benzene rings is 2. The Labute approximate surface area is 178 Å². The molecular weight excluding hydrogens is 374 g/mol. The Morgan fingerprint density at radius 1 is 1.00 bits per heavy atom. The number of carbonyl (C=O) groups is 1. The van der Waals surface area contributed by atoms with Crippen LogP contribution in [-0.4, -0.2) is 47.4 Å². The lowest BCUT2D eigenvalue weighted by atomic mass is 10.1. The van der Waals surface area contributed by atoms with E-state index in [4.69, 9.17) is 4.74 Å². The first-order valence-corrected chi connectivity index (χ1v) is 10.7. The molecule has 3 aromatic rings. The number of ether oxygens (including phenoxy) is 1. The van der Waals surface area contributed by atoms with E-state index in [0.717, 1.165) is 50.3 Å². The minimum atomic E-state index is 0.0871. The van der Waals surface area contributed by atoms with Crippen LogP contribution in [0, 0.1) is 0 Å². The van der Waals surface area contributed by atoms with Gasteiger partial charge in [0.05, 0.1) is 5.52 Å². The van der Waals surface area contributed by atoms with Crippen LogP contribution in [0.1, 0.15) is 30.4 Å². The Hall–Kier alpha value is -2.92. The van der Waals surface area contributed by atoms with Gasteiger partial charge in [-0.2, -0.15) is 0 Å². The highest BCUT2D eigenvalue weighted by Crippen LogP contribution is 2.17. The van der Waals surface area contributed by atoms with Crippen molar-refractivity contribution >= 4 is 16.8 Å². The van der Waals surface area contributed by atoms with Crippen LogP contribution >= 0.6 is 0 Å². The first-order chi connectivity index (χ1) is 14.7. The number of hydrogen-bond donors (Lipinski definition) is 0. The molecule has 5 nitrogen and oxygen atoms in total. The van der Waals surface area contributed by atoms with Gasteiger partial charge in [0, 0.05) is 37.8 Å². The zero-order chi connectivity index (χ0) is 20.8. The number of likely N-dealkylation sites (tertiary alicyclic amines) is 1. The van der Waals surface area contributed by atoms with Crippen molar-refractivity contribution < 1.29 is 9.53 Å². The largest absolute Gasteiger partial charge is 0.484 e. The fourth-order valence-electron chi connectivity index (χ4n) is 3.97. The summed E-state index contributed by atoms with van der Waals surface area (Å²) in [6.45, 7) is 3.56. The molecule has 0 unspecified atom stereocenters. The van der Waals surface area contributed by atoms with Crippen molar-refractivity contribution in [3.05, 3.63) is 71.9 Å². The third kappa shape index (κ3) is 5.36. The van der Waals surface area contributed by atoms with Crippen LogP contribution < -0.4 is 4.74 Å². The number of piperidine rings is 1. The summed E-state index contributed by atoms with van der Waals surface area (Å²) in [5.41, 5.74) is 3.52. The van der Waals surface area contributed by atoms with E-state index >= 15 is 0 Å². The zero-order valence-corrected chi connectivity index (χ0v) is 17.6. The number of amides is 1. The van der Waals surface area contributed by atoms with Gasteiger partial charge in [-0.1, -0.05) is 24.3 Å². The predicted molar refractivity (Wildman–Crippen MR) is 119 cm³/mol. The molecule has 4 rings (SSSR count). The fraction of sp³-hybridized carbons (Fsp3) is 0.360. The standard InChI is InChI=1S/C25H29N3O2/c1-27(18-21-9-12-24-22(16-21)6-5-13-26-24)17-20-7-10-23(11-8-20)30-19-25(29)28-14-3-2-4-15-28/h5-13,16H,2-4,14-15,17-19H2,1H3. The molecular formula is C25H29N3O2. The van der Waals surface area contributed by atoms with E-state index < -0.39 is 0 Å². The summed E-state index contributed by atoms with van der Waals surface area (Å²) in [7, 11) is 2.12. The number of pyridine rings is 1. The van der Waals surface area contributed by atoms with Crippen LogP contribution in [0.2, 0.25) is 0 Å². The van der Waals surface area contributed by atoms with Gasteiger partial charge in [-0.15, -0.1) is 0 Å². The van der Waals surface area contributed by atoms with Gasteiger partial charge in [-0.05, 0) is 67.8 Å². The lowest BCUT2D eigenvalue weighted by Gasteiger charge is -2.26. The molecule has 1 fully saturated rings. The van der Waals surface area contributed by atoms with E-state index in [-0.39, 0.29) is 12.5 Å². The van der Waals surface area contributed by atoms with Gasteiger partial charge in [-0.25, -0.2) is 0 Å². The van der Waals surface area contributed by atoms with Crippen LogP contribution in [0.15, 0.2) is 60.8 Å². The van der Waals surface area contributed by atoms with E-state index in [1.165, 1.54) is 22.9 Å². The predicted octanol–water partition coefficient (Wildman–Crippen LogP) is 4.26. The Morgan fingerprint density at radius 3 is 2.53 bits per heavy atom. The summed E-state index contributed by atoms with van der Waals surface area (Å²) in [5, 5.41) is 1.17. The van der Waals surface area contributed by atoms with Gasteiger partial charge in [0.1, 0.15) is 5.75 Å².